The molecule has 2 atom stereocenters. The van der Waals surface area contributed by atoms with E-state index in [1.807, 2.05) is 0 Å². The van der Waals surface area contributed by atoms with Crippen molar-refractivity contribution in [3.63, 3.8) is 0 Å². The molecule has 2 nitrogen and oxygen atoms in total. The Morgan fingerprint density at radius 1 is 0.422 bits per heavy atom. The van der Waals surface area contributed by atoms with E-state index in [0.29, 0.717) is 17.8 Å². The summed E-state index contributed by atoms with van der Waals surface area (Å²) in [6.45, 7) is 13.5. The third-order valence-corrected chi connectivity index (χ3v) is 10.1. The molecule has 6 rings (SSSR count). The second kappa shape index (κ2) is 12.6. The predicted molar refractivity (Wildman–Crippen MR) is 193 cm³/mol. The number of anilines is 2. The molecule has 0 saturated carbocycles. The van der Waals surface area contributed by atoms with Crippen LogP contribution in [0.4, 0.5) is 11.4 Å². The van der Waals surface area contributed by atoms with E-state index in [-0.39, 0.29) is 17.8 Å². The molecule has 0 amide bonds. The summed E-state index contributed by atoms with van der Waals surface area (Å²) in [6, 6.07) is 41.1. The normalized spacial score (nSPS) is 18.0. The van der Waals surface area contributed by atoms with E-state index >= 15 is 0 Å². The minimum absolute atomic E-state index is 0.0657. The van der Waals surface area contributed by atoms with Gasteiger partial charge in [-0.3, -0.25) is 0 Å². The van der Waals surface area contributed by atoms with E-state index in [2.05, 4.69) is 151 Å². The van der Waals surface area contributed by atoms with Gasteiger partial charge in [0.1, 0.15) is 0 Å². The fourth-order valence-electron chi connectivity index (χ4n) is 7.15. The lowest BCUT2D eigenvalue weighted by Crippen LogP contribution is -2.16. The number of hydrogen-bond donors (Lipinski definition) is 2. The van der Waals surface area contributed by atoms with Crippen LogP contribution in [-0.2, 0) is 0 Å². The molecule has 5 aromatic rings. The quantitative estimate of drug-likeness (QED) is 0.193. The van der Waals surface area contributed by atoms with Gasteiger partial charge in [0.2, 0.25) is 0 Å². The molecule has 0 radical (unpaired) electrons. The Morgan fingerprint density at radius 2 is 0.733 bits per heavy atom. The van der Waals surface area contributed by atoms with Gasteiger partial charge in [-0.25, -0.2) is 0 Å². The average Bonchev–Trinajstić information content (AvgIpc) is 3.04. The summed E-state index contributed by atoms with van der Waals surface area (Å²) in [4.78, 5) is 0. The zero-order valence-electron chi connectivity index (χ0n) is 27.7. The zero-order chi connectivity index (χ0) is 31.8. The van der Waals surface area contributed by atoms with E-state index < -0.39 is 0 Å². The molecule has 2 heteroatoms. The van der Waals surface area contributed by atoms with Crippen molar-refractivity contribution in [3.8, 4) is 0 Å². The SMILES string of the molecule is CC(C)c1ccc(C2CC(c3ccc(C(C)C)cc3)c3cc(ccc3N)C(c3ccc(C(C)C)cc3)c3ccc(N)c2c3)cc1. The largest absolute Gasteiger partial charge is 0.398 e. The molecule has 230 valence electrons. The van der Waals surface area contributed by atoms with Gasteiger partial charge >= 0.3 is 0 Å². The molecular weight excluding hydrogens is 544 g/mol. The second-order valence-electron chi connectivity index (χ2n) is 14.0. The summed E-state index contributed by atoms with van der Waals surface area (Å²) in [6.07, 6.45) is 0.872. The van der Waals surface area contributed by atoms with E-state index in [9.17, 15) is 0 Å². The monoisotopic (exact) mass is 592 g/mol. The molecule has 0 heterocycles. The first-order chi connectivity index (χ1) is 21.6. The lowest BCUT2D eigenvalue weighted by atomic mass is 9.73. The Balaban J connectivity index is 1.59. The third kappa shape index (κ3) is 6.16. The Labute approximate surface area is 270 Å². The van der Waals surface area contributed by atoms with Gasteiger partial charge in [0.15, 0.2) is 0 Å². The number of benzene rings is 5. The van der Waals surface area contributed by atoms with E-state index in [1.165, 1.54) is 55.6 Å². The molecule has 4 N–H and O–H groups in total. The fraction of sp³-hybridized carbons (Fsp3) is 0.302. The maximum Gasteiger partial charge on any atom is 0.0353 e. The molecule has 0 saturated heterocycles. The molecular formula is C43H48N2. The van der Waals surface area contributed by atoms with Crippen LogP contribution in [0.5, 0.6) is 0 Å². The number of nitrogens with two attached hydrogens (primary N) is 2. The Kier molecular flexibility index (Phi) is 8.60. The first-order valence-electron chi connectivity index (χ1n) is 16.7. The van der Waals surface area contributed by atoms with Crippen molar-refractivity contribution in [3.05, 3.63) is 165 Å². The van der Waals surface area contributed by atoms with Gasteiger partial charge in [0.25, 0.3) is 0 Å². The molecule has 0 aromatic heterocycles. The third-order valence-electron chi connectivity index (χ3n) is 10.1. The summed E-state index contributed by atoms with van der Waals surface area (Å²) in [5.41, 5.74) is 28.3. The summed E-state index contributed by atoms with van der Waals surface area (Å²) in [5, 5.41) is 0. The van der Waals surface area contributed by atoms with Crippen LogP contribution in [0.2, 0.25) is 0 Å². The number of fused-ring (bicyclic) bond motifs is 4. The molecule has 45 heavy (non-hydrogen) atoms. The summed E-state index contributed by atoms with van der Waals surface area (Å²) in [7, 11) is 0. The maximum atomic E-state index is 6.90. The predicted octanol–water partition coefficient (Wildman–Crippen LogP) is 11.1. The highest BCUT2D eigenvalue weighted by Crippen LogP contribution is 2.46. The van der Waals surface area contributed by atoms with Crippen molar-refractivity contribution in [2.24, 2.45) is 0 Å². The Bertz CT molecular complexity index is 1650. The van der Waals surface area contributed by atoms with Crippen LogP contribution < -0.4 is 11.5 Å². The minimum atomic E-state index is 0.0657. The minimum Gasteiger partial charge on any atom is -0.398 e. The smallest absolute Gasteiger partial charge is 0.0353 e. The molecule has 2 unspecified atom stereocenters. The first kappa shape index (κ1) is 30.7. The maximum absolute atomic E-state index is 6.90. The number of hydrogen-bond acceptors (Lipinski definition) is 2. The van der Waals surface area contributed by atoms with Gasteiger partial charge in [-0.05, 0) is 91.9 Å². The average molecular weight is 593 g/mol. The van der Waals surface area contributed by atoms with Crippen molar-refractivity contribution in [2.45, 2.75) is 83.5 Å². The van der Waals surface area contributed by atoms with E-state index in [4.69, 9.17) is 11.5 Å². The lowest BCUT2D eigenvalue weighted by Gasteiger charge is -2.31. The van der Waals surface area contributed by atoms with Crippen LogP contribution in [0, 0.1) is 0 Å². The van der Waals surface area contributed by atoms with Gasteiger partial charge < -0.3 is 11.5 Å². The molecule has 4 bridgehead atoms. The molecule has 5 aromatic carbocycles. The van der Waals surface area contributed by atoms with Crippen LogP contribution in [0.15, 0.2) is 109 Å². The van der Waals surface area contributed by atoms with E-state index in [0.717, 1.165) is 17.8 Å². The summed E-state index contributed by atoms with van der Waals surface area (Å²) >= 11 is 0. The highest BCUT2D eigenvalue weighted by atomic mass is 14.6. The zero-order valence-corrected chi connectivity index (χ0v) is 27.7. The van der Waals surface area contributed by atoms with Crippen molar-refractivity contribution in [2.75, 3.05) is 11.5 Å². The highest BCUT2D eigenvalue weighted by molar-refractivity contribution is 5.61. The van der Waals surface area contributed by atoms with Gasteiger partial charge in [-0.2, -0.15) is 0 Å². The van der Waals surface area contributed by atoms with Crippen molar-refractivity contribution < 1.29 is 0 Å². The summed E-state index contributed by atoms with van der Waals surface area (Å²) in [5.74, 6) is 1.72. The highest BCUT2D eigenvalue weighted by Gasteiger charge is 2.30. The fourth-order valence-corrected chi connectivity index (χ4v) is 7.15. The van der Waals surface area contributed by atoms with Crippen molar-refractivity contribution >= 4 is 11.4 Å². The topological polar surface area (TPSA) is 52.0 Å². The van der Waals surface area contributed by atoms with Crippen molar-refractivity contribution in [1.82, 2.24) is 0 Å². The van der Waals surface area contributed by atoms with E-state index in [1.54, 1.807) is 0 Å². The van der Waals surface area contributed by atoms with Crippen molar-refractivity contribution in [1.29, 1.82) is 0 Å². The molecule has 0 aliphatic heterocycles. The molecule has 0 spiro atoms. The van der Waals surface area contributed by atoms with Crippen LogP contribution in [-0.4, -0.2) is 0 Å². The second-order valence-corrected chi connectivity index (χ2v) is 14.0. The standard InChI is InChI=1S/C43H48N2/c1-26(2)29-7-13-32(14-8-29)37-25-38(33-15-9-30(10-16-33)27(3)4)40-24-36(20-22-42(40)45)43(35-19-21-41(44)39(37)23-35)34-17-11-31(12-18-34)28(5)6/h7-24,26-28,37-38,43H,25,44-45H2,1-6H3. The summed E-state index contributed by atoms with van der Waals surface area (Å²) < 4.78 is 0. The van der Waals surface area contributed by atoms with Crippen LogP contribution in [0.25, 0.3) is 0 Å². The molecule has 1 aliphatic rings. The Morgan fingerprint density at radius 3 is 1.07 bits per heavy atom. The molecule has 1 aliphatic carbocycles. The van der Waals surface area contributed by atoms with Crippen LogP contribution >= 0.6 is 0 Å². The molecule has 0 fully saturated rings. The van der Waals surface area contributed by atoms with Gasteiger partial charge in [0, 0.05) is 29.1 Å². The van der Waals surface area contributed by atoms with Gasteiger partial charge in [0.05, 0.1) is 0 Å². The number of nitrogen functional groups attached to an aromatic ring is 2. The van der Waals surface area contributed by atoms with Crippen LogP contribution in [0.1, 0.15) is 139 Å². The Hall–Kier alpha value is -4.30. The van der Waals surface area contributed by atoms with Gasteiger partial charge in [-0.15, -0.1) is 0 Å². The van der Waals surface area contributed by atoms with Gasteiger partial charge in [-0.1, -0.05) is 139 Å². The first-order valence-corrected chi connectivity index (χ1v) is 16.7. The van der Waals surface area contributed by atoms with Crippen LogP contribution in [0.3, 0.4) is 0 Å². The number of rotatable bonds is 6. The lowest BCUT2D eigenvalue weighted by molar-refractivity contribution is 0.642.